The van der Waals surface area contributed by atoms with Crippen LogP contribution in [0.1, 0.15) is 199 Å². The van der Waals surface area contributed by atoms with Crippen LogP contribution in [-0.4, -0.2) is 73.0 Å². The van der Waals surface area contributed by atoms with Gasteiger partial charge in [-0.15, -0.1) is 0 Å². The van der Waals surface area contributed by atoms with Crippen LogP contribution in [0, 0.1) is 155 Å². The van der Waals surface area contributed by atoms with Crippen molar-refractivity contribution in [3.8, 4) is 0 Å². The van der Waals surface area contributed by atoms with E-state index in [0.29, 0.717) is 57.8 Å². The van der Waals surface area contributed by atoms with E-state index in [1.807, 2.05) is 20.8 Å². The average Bonchev–Trinajstić information content (AvgIpc) is 1.15. The molecule has 6 unspecified atom stereocenters. The van der Waals surface area contributed by atoms with E-state index in [1.165, 1.54) is 16.7 Å². The maximum atomic E-state index is 15.8. The molecule has 15 nitrogen and oxygen atoms in total. The fourth-order valence-electron chi connectivity index (χ4n) is 27.3. The molecule has 90 heavy (non-hydrogen) atoms. The van der Waals surface area contributed by atoms with Gasteiger partial charge in [-0.1, -0.05) is 117 Å². The second-order valence-electron chi connectivity index (χ2n) is 35.0. The highest BCUT2D eigenvalue weighted by atomic mass is 16.6. The Labute approximate surface area is 531 Å². The Morgan fingerprint density at radius 3 is 0.989 bits per heavy atom. The molecule has 488 valence electrons. The molecule has 0 aromatic rings. The number of rotatable bonds is 11. The summed E-state index contributed by atoms with van der Waals surface area (Å²) in [5.74, 6) is -6.66. The Morgan fingerprint density at radius 2 is 0.700 bits per heavy atom. The van der Waals surface area contributed by atoms with Gasteiger partial charge in [0.05, 0.1) is 51.8 Å². The first-order valence-corrected chi connectivity index (χ1v) is 35.4. The topological polar surface area (TPSA) is 209 Å². The van der Waals surface area contributed by atoms with Crippen molar-refractivity contribution < 1.29 is 71.6 Å². The first-order chi connectivity index (χ1) is 42.4. The summed E-state index contributed by atoms with van der Waals surface area (Å²) in [4.78, 5) is 129. The van der Waals surface area contributed by atoms with E-state index in [2.05, 4.69) is 80.5 Å². The Balaban J connectivity index is 0.718. The second kappa shape index (κ2) is 19.8. The van der Waals surface area contributed by atoms with Crippen molar-refractivity contribution >= 4 is 53.7 Å². The van der Waals surface area contributed by atoms with E-state index >= 15 is 14.4 Å². The summed E-state index contributed by atoms with van der Waals surface area (Å²) in [6.45, 7) is 25.3. The van der Waals surface area contributed by atoms with E-state index in [9.17, 15) is 28.8 Å². The van der Waals surface area contributed by atoms with Crippen molar-refractivity contribution in [2.75, 3.05) is 13.2 Å². The van der Waals surface area contributed by atoms with Crippen LogP contribution in [0.5, 0.6) is 0 Å². The predicted octanol–water partition coefficient (Wildman–Crippen LogP) is 12.4. The lowest BCUT2D eigenvalue weighted by atomic mass is 9.34. The Bertz CT molecular complexity index is 3190. The van der Waals surface area contributed by atoms with Crippen LogP contribution in [0.25, 0.3) is 0 Å². The number of allylic oxidation sites excluding steroid dienone is 6. The molecule has 24 atom stereocenters. The van der Waals surface area contributed by atoms with Crippen molar-refractivity contribution in [2.45, 2.75) is 205 Å². The van der Waals surface area contributed by atoms with Crippen LogP contribution in [0.4, 0.5) is 0 Å². The molecule has 0 aromatic carbocycles. The smallest absolute Gasteiger partial charge is 0.318 e. The van der Waals surface area contributed by atoms with E-state index in [-0.39, 0.29) is 107 Å². The molecule has 0 amide bonds. The normalized spacial score (nSPS) is 49.9. The highest BCUT2D eigenvalue weighted by Crippen LogP contribution is 2.78. The van der Waals surface area contributed by atoms with E-state index in [1.54, 1.807) is 0 Å². The summed E-state index contributed by atoms with van der Waals surface area (Å²) in [6.07, 6.45) is 18.7. The number of carbonyl (C=O) groups is 9. The molecule has 18 rings (SSSR count). The van der Waals surface area contributed by atoms with Crippen molar-refractivity contribution in [3.05, 3.63) is 34.9 Å². The summed E-state index contributed by atoms with van der Waals surface area (Å²) in [5, 5.41) is 0. The summed E-state index contributed by atoms with van der Waals surface area (Å²) in [6, 6.07) is 0. The number of hydrogen-bond acceptors (Lipinski definition) is 15. The van der Waals surface area contributed by atoms with Gasteiger partial charge >= 0.3 is 53.7 Å². The fourth-order valence-corrected chi connectivity index (χ4v) is 27.3. The van der Waals surface area contributed by atoms with Crippen molar-refractivity contribution in [1.82, 2.24) is 0 Å². The second-order valence-corrected chi connectivity index (χ2v) is 35.0. The van der Waals surface area contributed by atoms with Gasteiger partial charge in [-0.2, -0.15) is 0 Å². The molecule has 15 aliphatic carbocycles. The number of hydrogen-bond donors (Lipinski definition) is 0. The van der Waals surface area contributed by atoms with Gasteiger partial charge in [-0.25, -0.2) is 0 Å². The maximum absolute atomic E-state index is 15.8. The van der Waals surface area contributed by atoms with Crippen LogP contribution in [0.3, 0.4) is 0 Å². The number of cyclic esters (lactones) is 6. The zero-order valence-corrected chi connectivity index (χ0v) is 55.5. The molecule has 3 aliphatic heterocycles. The number of fused-ring (bicyclic) bond motifs is 3. The molecule has 6 bridgehead atoms. The molecule has 18 aliphatic rings. The first kappa shape index (κ1) is 61.2. The highest BCUT2D eigenvalue weighted by molar-refractivity contribution is 6.00. The lowest BCUT2D eigenvalue weighted by Gasteiger charge is -2.68. The molecule has 0 radical (unpaired) electrons. The predicted molar refractivity (Wildman–Crippen MR) is 325 cm³/mol. The van der Waals surface area contributed by atoms with E-state index < -0.39 is 121 Å². The van der Waals surface area contributed by atoms with E-state index in [4.69, 9.17) is 28.4 Å². The van der Waals surface area contributed by atoms with Crippen LogP contribution >= 0.6 is 0 Å². The highest BCUT2D eigenvalue weighted by Gasteiger charge is 2.77. The molecule has 3 heterocycles. The van der Waals surface area contributed by atoms with Crippen LogP contribution in [0.2, 0.25) is 0 Å². The molecule has 0 N–H and O–H groups in total. The van der Waals surface area contributed by atoms with Crippen LogP contribution < -0.4 is 0 Å². The van der Waals surface area contributed by atoms with Crippen molar-refractivity contribution in [1.29, 1.82) is 0 Å². The molecule has 15 heteroatoms. The number of carbonyl (C=O) groups excluding carboxylic acids is 9. The SMILES string of the molecule is CC(C)C1=C[C@]23CC[C@@H]4[C@](C)(CCC[C@@]4(C)C(=O)OCC(COC(=O)[C@]4(C)CCC[C@@]5(C)[C@H]4CC[C@@]46C=C(C(C)C)[C@@H](C[C@H]54)C4C(=O)OC(=O)C46)OC(=O)[C@]4(C)CCC[C@@]5(C)[C@H]4CC[C@@]46C=C(C(C)C)[C@@H](C[C@H]54)C4C(=O)OC(=O)C46)[C@H]2C[C@H]1C1C(=O)OC(=O)C13. The zero-order valence-electron chi connectivity index (χ0n) is 55.5. The van der Waals surface area contributed by atoms with Crippen LogP contribution in [-0.2, 0) is 71.6 Å². The van der Waals surface area contributed by atoms with Gasteiger partial charge in [0.1, 0.15) is 13.2 Å². The summed E-state index contributed by atoms with van der Waals surface area (Å²) >= 11 is 0. The van der Waals surface area contributed by atoms with E-state index in [0.717, 1.165) is 57.8 Å². The standard InChI is InChI=1S/C75H98O15/c1-36(2)43-31-73-25-16-46-67(7,49(73)28-40(43)52-55(73)61(79)88-58(52)76)19-13-22-70(46,10)64(82)85-34-39(87-66(84)72(12)24-15-21-69(9)48(72)18-27-75-33-45(38(5)6)42(30-51(69)75)54-57(75)63(81)90-60(54)78)35-86-65(83)71(11)23-14-20-68(8)47(71)17-26-74-32-44(37(3)4)41(29-50(68)74)53-56(74)62(80)89-59(53)77/h31-33,36-42,46-57H,13-30,34-35H2,1-12H3/t39?,40-,41-,42-,46-,47-,48-,49-,50-,51-,52?,53?,54?,55?,56?,57?,67+,68+,69+,70-,71-,72-,73-,74-,75-/m1/s1. The Morgan fingerprint density at radius 1 is 0.411 bits per heavy atom. The Hall–Kier alpha value is -4.95. The summed E-state index contributed by atoms with van der Waals surface area (Å²) < 4.78 is 36.5. The van der Waals surface area contributed by atoms with Gasteiger partial charge < -0.3 is 28.4 Å². The quantitative estimate of drug-likeness (QED) is 0.0815. The third-order valence-corrected chi connectivity index (χ3v) is 30.7. The molecule has 0 aromatic heterocycles. The van der Waals surface area contributed by atoms with Gasteiger partial charge in [-0.05, 0) is 204 Å². The first-order valence-electron chi connectivity index (χ1n) is 35.4. The third-order valence-electron chi connectivity index (χ3n) is 30.7. The Kier molecular flexibility index (Phi) is 13.5. The van der Waals surface area contributed by atoms with Gasteiger partial charge in [0, 0.05) is 16.2 Å². The largest absolute Gasteiger partial charge is 0.461 e. The average molecular weight is 1240 g/mol. The molecule has 3 spiro atoms. The summed E-state index contributed by atoms with van der Waals surface area (Å²) in [7, 11) is 0. The minimum atomic E-state index is -1.15. The van der Waals surface area contributed by atoms with Gasteiger partial charge in [0.25, 0.3) is 0 Å². The molecular formula is C75H98O15. The molecule has 3 saturated heterocycles. The molecule has 9 saturated carbocycles. The lowest BCUT2D eigenvalue weighted by molar-refractivity contribution is -0.211. The number of ether oxygens (including phenoxy) is 6. The molecular weight excluding hydrogens is 1140 g/mol. The van der Waals surface area contributed by atoms with Crippen molar-refractivity contribution in [2.24, 2.45) is 155 Å². The zero-order chi connectivity index (χ0) is 63.9. The lowest BCUT2D eigenvalue weighted by Crippen LogP contribution is -2.65. The minimum absolute atomic E-state index is 0.0233. The minimum Gasteiger partial charge on any atom is -0.461 e. The fraction of sp³-hybridized carbons (Fsp3) is 0.800. The van der Waals surface area contributed by atoms with Crippen LogP contribution in [0.15, 0.2) is 34.9 Å². The van der Waals surface area contributed by atoms with Gasteiger partial charge in [0.2, 0.25) is 0 Å². The maximum Gasteiger partial charge on any atom is 0.318 e. The van der Waals surface area contributed by atoms with Gasteiger partial charge in [-0.3, -0.25) is 43.2 Å². The monoisotopic (exact) mass is 1240 g/mol. The summed E-state index contributed by atoms with van der Waals surface area (Å²) in [5.41, 5.74) is -1.97. The van der Waals surface area contributed by atoms with Crippen molar-refractivity contribution in [3.63, 3.8) is 0 Å². The number of esters is 9. The molecule has 12 fully saturated rings. The van der Waals surface area contributed by atoms with Gasteiger partial charge in [0.15, 0.2) is 6.10 Å². The third kappa shape index (κ3) is 7.67.